The Balaban J connectivity index is 0.000000191. The summed E-state index contributed by atoms with van der Waals surface area (Å²) in [5.74, 6) is 3.94. The van der Waals surface area contributed by atoms with Crippen molar-refractivity contribution in [1.82, 2.24) is 9.97 Å². The van der Waals surface area contributed by atoms with Crippen LogP contribution >= 0.6 is 0 Å². The molecule has 4 aromatic rings. The van der Waals surface area contributed by atoms with Crippen LogP contribution in [0.15, 0.2) is 48.2 Å². The number of hydrogen-bond acceptors (Lipinski definition) is 4. The molecule has 1 heterocycles. The molecule has 0 atom stereocenters. The molecule has 4 bridgehead atoms. The molecular formula is C42H51IrN2O2-. The van der Waals surface area contributed by atoms with Gasteiger partial charge in [-0.05, 0) is 92.2 Å². The molecule has 4 saturated carbocycles. The third-order valence-corrected chi connectivity index (χ3v) is 10.8. The topological polar surface area (TPSA) is 63.1 Å². The van der Waals surface area contributed by atoms with Crippen molar-refractivity contribution in [3.05, 3.63) is 82.4 Å². The largest absolute Gasteiger partial charge is 0.512 e. The molecule has 1 N–H and O–H groups in total. The third-order valence-electron chi connectivity index (χ3n) is 10.8. The van der Waals surface area contributed by atoms with Gasteiger partial charge in [-0.3, -0.25) is 9.78 Å². The summed E-state index contributed by atoms with van der Waals surface area (Å²) in [6.45, 7) is 18.7. The van der Waals surface area contributed by atoms with Gasteiger partial charge in [0.2, 0.25) is 0 Å². The average molecular weight is 808 g/mol. The number of aryl methyl sites for hydroxylation is 4. The quantitative estimate of drug-likeness (QED) is 0.0966. The Labute approximate surface area is 295 Å². The van der Waals surface area contributed by atoms with Gasteiger partial charge in [0, 0.05) is 48.3 Å². The van der Waals surface area contributed by atoms with Gasteiger partial charge in [-0.25, -0.2) is 4.98 Å². The Kier molecular flexibility index (Phi) is 9.95. The molecule has 0 spiro atoms. The van der Waals surface area contributed by atoms with Crippen molar-refractivity contribution in [2.24, 2.45) is 28.6 Å². The van der Waals surface area contributed by atoms with Crippen LogP contribution in [0.4, 0.5) is 0 Å². The maximum atomic E-state index is 12.7. The molecule has 251 valence electrons. The molecule has 1 aromatic heterocycles. The number of aromatic nitrogens is 2. The standard InChI is InChI=1S/C25H25N2.C17H26O2.Ir/c1-14(2)25-26-23(20-9-7-15(3)11-17(20)5)21-10-8-19-13-16(4)12-18(6)22(19)24(21)27-25;1-16(2,3)14(18)7-15(19)17-8-11-4-12(9-17)6-13(5-11)10-17;/h7-8,10-14H,1-6H3;7,11-13,18H,4-6,8-10H2,1-3H3;/q-1;;/b;14-7-;. The zero-order valence-electron chi connectivity index (χ0n) is 29.7. The number of benzene rings is 3. The van der Waals surface area contributed by atoms with Gasteiger partial charge in [0.1, 0.15) is 11.6 Å². The SMILES string of the molecule is CC(C)(C)/C(O)=C/C(=O)C12CC3CC(CC(C3)C1)C2.Cc1c[c-]c(-c2nc(C(C)C)nc3c2ccc2cc(C)cc(C)c23)c(C)c1.[Ir]. The van der Waals surface area contributed by atoms with Gasteiger partial charge >= 0.3 is 0 Å². The molecule has 4 aliphatic carbocycles. The first kappa shape index (κ1) is 35.4. The first-order valence-electron chi connectivity index (χ1n) is 17.3. The van der Waals surface area contributed by atoms with E-state index < -0.39 is 0 Å². The number of rotatable bonds is 4. The number of aliphatic hydroxyl groups is 1. The number of nitrogens with zero attached hydrogens (tertiary/aromatic N) is 2. The van der Waals surface area contributed by atoms with E-state index in [1.54, 1.807) is 6.08 Å². The fourth-order valence-corrected chi connectivity index (χ4v) is 8.83. The van der Waals surface area contributed by atoms with Crippen molar-refractivity contribution >= 4 is 27.5 Å². The number of ketones is 1. The van der Waals surface area contributed by atoms with E-state index in [2.05, 4.69) is 77.9 Å². The normalized spacial score (nSPS) is 23.5. The van der Waals surface area contributed by atoms with E-state index in [9.17, 15) is 9.90 Å². The van der Waals surface area contributed by atoms with Gasteiger partial charge in [-0.1, -0.05) is 78.3 Å². The predicted molar refractivity (Wildman–Crippen MR) is 190 cm³/mol. The molecule has 0 aliphatic heterocycles. The van der Waals surface area contributed by atoms with E-state index in [0.717, 1.165) is 65.0 Å². The van der Waals surface area contributed by atoms with Crippen LogP contribution in [0.25, 0.3) is 32.9 Å². The van der Waals surface area contributed by atoms with E-state index in [1.807, 2.05) is 26.8 Å². The number of carbonyl (C=O) groups is 1. The zero-order chi connectivity index (χ0) is 33.1. The molecule has 1 radical (unpaired) electrons. The molecule has 4 fully saturated rings. The van der Waals surface area contributed by atoms with Crippen molar-refractivity contribution in [2.45, 2.75) is 107 Å². The molecule has 5 heteroatoms. The number of aliphatic hydroxyl groups excluding tert-OH is 1. The average Bonchev–Trinajstić information content (AvgIpc) is 2.95. The second-order valence-corrected chi connectivity index (χ2v) is 16.3. The molecule has 0 unspecified atom stereocenters. The van der Waals surface area contributed by atoms with Gasteiger partial charge < -0.3 is 5.11 Å². The van der Waals surface area contributed by atoms with Crippen molar-refractivity contribution in [1.29, 1.82) is 0 Å². The van der Waals surface area contributed by atoms with Gasteiger partial charge in [0.15, 0.2) is 5.78 Å². The van der Waals surface area contributed by atoms with E-state index >= 15 is 0 Å². The summed E-state index contributed by atoms with van der Waals surface area (Å²) in [5, 5.41) is 13.7. The maximum Gasteiger partial charge on any atom is 0.165 e. The zero-order valence-corrected chi connectivity index (χ0v) is 32.1. The minimum absolute atomic E-state index is 0. The minimum atomic E-state index is -0.321. The van der Waals surface area contributed by atoms with E-state index in [1.165, 1.54) is 52.3 Å². The van der Waals surface area contributed by atoms with E-state index in [-0.39, 0.29) is 48.4 Å². The second kappa shape index (κ2) is 13.2. The summed E-state index contributed by atoms with van der Waals surface area (Å²) >= 11 is 0. The van der Waals surface area contributed by atoms with Crippen molar-refractivity contribution in [2.75, 3.05) is 0 Å². The maximum absolute atomic E-state index is 12.7. The first-order chi connectivity index (χ1) is 21.6. The van der Waals surface area contributed by atoms with Gasteiger partial charge in [0.05, 0.1) is 5.52 Å². The number of allylic oxidation sites excluding steroid dienone is 2. The fraction of sp³-hybridized carbons (Fsp3) is 0.500. The van der Waals surface area contributed by atoms with E-state index in [4.69, 9.17) is 9.97 Å². The van der Waals surface area contributed by atoms with Crippen molar-refractivity contribution in [3.8, 4) is 11.3 Å². The predicted octanol–water partition coefficient (Wildman–Crippen LogP) is 10.9. The minimum Gasteiger partial charge on any atom is -0.512 e. The van der Waals surface area contributed by atoms with Crippen LogP contribution in [0.2, 0.25) is 0 Å². The summed E-state index contributed by atoms with van der Waals surface area (Å²) in [6.07, 6.45) is 8.82. The summed E-state index contributed by atoms with van der Waals surface area (Å²) in [7, 11) is 0. The molecule has 47 heavy (non-hydrogen) atoms. The molecule has 0 saturated heterocycles. The molecule has 8 rings (SSSR count). The first-order valence-corrected chi connectivity index (χ1v) is 17.3. The van der Waals surface area contributed by atoms with Crippen LogP contribution in [0, 0.1) is 62.3 Å². The second-order valence-electron chi connectivity index (χ2n) is 16.3. The van der Waals surface area contributed by atoms with Crippen molar-refractivity contribution < 1.29 is 30.0 Å². The molecule has 0 amide bonds. The van der Waals surface area contributed by atoms with Gasteiger partial charge in [0.25, 0.3) is 0 Å². The van der Waals surface area contributed by atoms with Gasteiger partial charge in [-0.2, -0.15) is 0 Å². The van der Waals surface area contributed by atoms with Crippen LogP contribution in [0.5, 0.6) is 0 Å². The van der Waals surface area contributed by atoms with Gasteiger partial charge in [-0.15, -0.1) is 34.9 Å². The molecule has 4 nitrogen and oxygen atoms in total. The Morgan fingerprint density at radius 3 is 2.06 bits per heavy atom. The fourth-order valence-electron chi connectivity index (χ4n) is 8.83. The summed E-state index contributed by atoms with van der Waals surface area (Å²) in [5.41, 5.74) is 7.63. The Morgan fingerprint density at radius 2 is 1.51 bits per heavy atom. The molecule has 3 aromatic carbocycles. The Hall–Kier alpha value is -2.88. The summed E-state index contributed by atoms with van der Waals surface area (Å²) in [6, 6.07) is 16.5. The van der Waals surface area contributed by atoms with Crippen LogP contribution in [0.3, 0.4) is 0 Å². The third kappa shape index (κ3) is 6.99. The van der Waals surface area contributed by atoms with E-state index in [0.29, 0.717) is 0 Å². The van der Waals surface area contributed by atoms with Crippen LogP contribution < -0.4 is 0 Å². The summed E-state index contributed by atoms with van der Waals surface area (Å²) < 4.78 is 0. The van der Waals surface area contributed by atoms with Crippen LogP contribution in [0.1, 0.15) is 107 Å². The monoisotopic (exact) mass is 808 g/mol. The molecule has 4 aliphatic rings. The Bertz CT molecular complexity index is 1830. The number of fused-ring (bicyclic) bond motifs is 3. The van der Waals surface area contributed by atoms with Crippen LogP contribution in [-0.4, -0.2) is 20.9 Å². The molecular weight excluding hydrogens is 757 g/mol. The number of carbonyl (C=O) groups excluding carboxylic acids is 1. The van der Waals surface area contributed by atoms with Crippen molar-refractivity contribution in [3.63, 3.8) is 0 Å². The van der Waals surface area contributed by atoms with Crippen LogP contribution in [-0.2, 0) is 24.9 Å². The number of hydrogen-bond donors (Lipinski definition) is 1. The Morgan fingerprint density at radius 1 is 0.915 bits per heavy atom. The smallest absolute Gasteiger partial charge is 0.165 e. The summed E-state index contributed by atoms with van der Waals surface area (Å²) in [4.78, 5) is 22.7.